The summed E-state index contributed by atoms with van der Waals surface area (Å²) in [5.74, 6) is -3.90. The average molecular weight is 264 g/mol. The zero-order valence-electron chi connectivity index (χ0n) is 11.6. The summed E-state index contributed by atoms with van der Waals surface area (Å²) in [5, 5.41) is 19.0. The Hall–Kier alpha value is -0.240. The van der Waals surface area contributed by atoms with Gasteiger partial charge in [0.25, 0.3) is 0 Å². The van der Waals surface area contributed by atoms with E-state index >= 15 is 0 Å². The zero-order chi connectivity index (χ0) is 13.9. The Bertz CT molecular complexity index is 226. The first-order valence-electron chi connectivity index (χ1n) is 6.30. The normalized spacial score (nSPS) is 21.0. The summed E-state index contributed by atoms with van der Waals surface area (Å²) in [5.41, 5.74) is 0. The molecule has 0 amide bonds. The molecule has 1 saturated carbocycles. The standard InChI is InChI=1S/C12H24O6/c1-10(2,13)15-17-12(8-6-5-7-9-12)18-16-11(3,4)14/h13-14H,5-9H2,1-4H3. The fourth-order valence-corrected chi connectivity index (χ4v) is 1.63. The van der Waals surface area contributed by atoms with Gasteiger partial charge in [-0.25, -0.2) is 0 Å². The predicted molar refractivity (Wildman–Crippen MR) is 62.8 cm³/mol. The third-order valence-corrected chi connectivity index (χ3v) is 2.41. The molecule has 108 valence electrons. The Balaban J connectivity index is 2.57. The molecular weight excluding hydrogens is 240 g/mol. The van der Waals surface area contributed by atoms with Crippen molar-refractivity contribution in [1.82, 2.24) is 0 Å². The average Bonchev–Trinajstić information content (AvgIpc) is 2.24. The third-order valence-electron chi connectivity index (χ3n) is 2.41. The molecule has 1 rings (SSSR count). The predicted octanol–water partition coefficient (Wildman–Crippen LogP) is 2.00. The molecule has 1 aliphatic carbocycles. The lowest BCUT2D eigenvalue weighted by atomic mass is 9.94. The van der Waals surface area contributed by atoms with E-state index in [1.165, 1.54) is 27.7 Å². The van der Waals surface area contributed by atoms with Crippen molar-refractivity contribution in [2.75, 3.05) is 0 Å². The lowest BCUT2D eigenvalue weighted by molar-refractivity contribution is -0.572. The van der Waals surface area contributed by atoms with E-state index in [9.17, 15) is 10.2 Å². The molecule has 0 bridgehead atoms. The van der Waals surface area contributed by atoms with Crippen LogP contribution in [0.3, 0.4) is 0 Å². The maximum absolute atomic E-state index is 9.50. The minimum absolute atomic E-state index is 0.583. The van der Waals surface area contributed by atoms with E-state index in [-0.39, 0.29) is 0 Å². The molecule has 2 N–H and O–H groups in total. The van der Waals surface area contributed by atoms with Crippen LogP contribution in [0.15, 0.2) is 0 Å². The molecular formula is C12H24O6. The minimum Gasteiger partial charge on any atom is -0.364 e. The van der Waals surface area contributed by atoms with E-state index in [1.54, 1.807) is 0 Å². The fraction of sp³-hybridized carbons (Fsp3) is 1.00. The molecule has 0 heterocycles. The van der Waals surface area contributed by atoms with Crippen LogP contribution in [0.5, 0.6) is 0 Å². The van der Waals surface area contributed by atoms with Crippen LogP contribution in [0.25, 0.3) is 0 Å². The van der Waals surface area contributed by atoms with Crippen LogP contribution < -0.4 is 0 Å². The molecule has 0 unspecified atom stereocenters. The number of rotatable bonds is 6. The Morgan fingerprint density at radius 1 is 0.778 bits per heavy atom. The van der Waals surface area contributed by atoms with E-state index < -0.39 is 17.4 Å². The van der Waals surface area contributed by atoms with Crippen molar-refractivity contribution in [2.45, 2.75) is 77.2 Å². The summed E-state index contributed by atoms with van der Waals surface area (Å²) < 4.78 is 0. The Morgan fingerprint density at radius 3 is 1.50 bits per heavy atom. The maximum Gasteiger partial charge on any atom is 0.234 e. The van der Waals surface area contributed by atoms with E-state index in [4.69, 9.17) is 19.6 Å². The fourth-order valence-electron chi connectivity index (χ4n) is 1.63. The van der Waals surface area contributed by atoms with Crippen LogP contribution in [0.1, 0.15) is 59.8 Å². The number of hydrogen-bond donors (Lipinski definition) is 2. The van der Waals surface area contributed by atoms with Crippen LogP contribution in [-0.4, -0.2) is 27.6 Å². The number of aliphatic hydroxyl groups is 2. The van der Waals surface area contributed by atoms with Gasteiger partial charge in [-0.15, -0.1) is 0 Å². The first-order chi connectivity index (χ1) is 8.12. The lowest BCUT2D eigenvalue weighted by Crippen LogP contribution is -2.43. The van der Waals surface area contributed by atoms with Gasteiger partial charge in [0, 0.05) is 12.8 Å². The molecule has 0 aliphatic heterocycles. The molecule has 0 radical (unpaired) electrons. The first-order valence-corrected chi connectivity index (χ1v) is 6.30. The van der Waals surface area contributed by atoms with Crippen molar-refractivity contribution in [3.05, 3.63) is 0 Å². The second-order valence-electron chi connectivity index (χ2n) is 5.70. The maximum atomic E-state index is 9.50. The van der Waals surface area contributed by atoms with Gasteiger partial charge in [0.1, 0.15) is 0 Å². The van der Waals surface area contributed by atoms with Crippen molar-refractivity contribution in [3.8, 4) is 0 Å². The van der Waals surface area contributed by atoms with Gasteiger partial charge in [0.2, 0.25) is 5.79 Å². The van der Waals surface area contributed by atoms with Crippen LogP contribution in [0, 0.1) is 0 Å². The molecule has 6 heteroatoms. The van der Waals surface area contributed by atoms with Gasteiger partial charge in [-0.1, -0.05) is 6.42 Å². The van der Waals surface area contributed by atoms with Crippen molar-refractivity contribution >= 4 is 0 Å². The Morgan fingerprint density at radius 2 is 1.17 bits per heavy atom. The summed E-state index contributed by atoms with van der Waals surface area (Å²) in [7, 11) is 0. The van der Waals surface area contributed by atoms with Gasteiger partial charge < -0.3 is 10.2 Å². The van der Waals surface area contributed by atoms with Crippen molar-refractivity contribution in [2.24, 2.45) is 0 Å². The van der Waals surface area contributed by atoms with Gasteiger partial charge in [0.05, 0.1) is 0 Å². The second kappa shape index (κ2) is 5.81. The van der Waals surface area contributed by atoms with E-state index in [1.807, 2.05) is 0 Å². The molecule has 0 spiro atoms. The minimum atomic E-state index is -1.41. The van der Waals surface area contributed by atoms with Gasteiger partial charge in [-0.05, 0) is 40.5 Å². The highest BCUT2D eigenvalue weighted by Crippen LogP contribution is 2.35. The van der Waals surface area contributed by atoms with Crippen molar-refractivity contribution < 1.29 is 29.8 Å². The van der Waals surface area contributed by atoms with Gasteiger partial charge in [-0.3, -0.25) is 0 Å². The van der Waals surface area contributed by atoms with Crippen molar-refractivity contribution in [3.63, 3.8) is 0 Å². The Kier molecular flexibility index (Phi) is 5.11. The first kappa shape index (κ1) is 15.8. The molecule has 0 atom stereocenters. The summed E-state index contributed by atoms with van der Waals surface area (Å²) >= 11 is 0. The second-order valence-corrected chi connectivity index (χ2v) is 5.70. The van der Waals surface area contributed by atoms with E-state index in [0.29, 0.717) is 12.8 Å². The van der Waals surface area contributed by atoms with Gasteiger partial charge in [0.15, 0.2) is 11.6 Å². The summed E-state index contributed by atoms with van der Waals surface area (Å²) in [6.07, 6.45) is 4.06. The van der Waals surface area contributed by atoms with Crippen LogP contribution >= 0.6 is 0 Å². The highest BCUT2D eigenvalue weighted by Gasteiger charge is 2.40. The van der Waals surface area contributed by atoms with Gasteiger partial charge in [-0.2, -0.15) is 19.6 Å². The molecule has 0 aromatic carbocycles. The summed E-state index contributed by atoms with van der Waals surface area (Å²) in [6.45, 7) is 5.83. The smallest absolute Gasteiger partial charge is 0.234 e. The quantitative estimate of drug-likeness (QED) is 0.434. The van der Waals surface area contributed by atoms with Crippen LogP contribution in [0.4, 0.5) is 0 Å². The van der Waals surface area contributed by atoms with Crippen molar-refractivity contribution in [1.29, 1.82) is 0 Å². The Labute approximate surface area is 108 Å². The molecule has 0 aromatic heterocycles. The molecule has 0 saturated heterocycles. The third kappa shape index (κ3) is 6.08. The summed E-state index contributed by atoms with van der Waals surface area (Å²) in [4.78, 5) is 20.3. The molecule has 18 heavy (non-hydrogen) atoms. The monoisotopic (exact) mass is 264 g/mol. The molecule has 1 fully saturated rings. The highest BCUT2D eigenvalue weighted by atomic mass is 17.3. The van der Waals surface area contributed by atoms with Gasteiger partial charge >= 0.3 is 0 Å². The number of hydrogen-bond acceptors (Lipinski definition) is 6. The molecule has 0 aromatic rings. The molecule has 1 aliphatic rings. The largest absolute Gasteiger partial charge is 0.364 e. The SMILES string of the molecule is CC(C)(O)OOC1(OOC(C)(C)O)CCCCC1. The summed E-state index contributed by atoms with van der Waals surface area (Å²) in [6, 6.07) is 0. The van der Waals surface area contributed by atoms with Crippen LogP contribution in [0.2, 0.25) is 0 Å². The topological polar surface area (TPSA) is 77.4 Å². The zero-order valence-corrected chi connectivity index (χ0v) is 11.6. The van der Waals surface area contributed by atoms with E-state index in [0.717, 1.165) is 19.3 Å². The molecule has 6 nitrogen and oxygen atoms in total. The highest BCUT2D eigenvalue weighted by molar-refractivity contribution is 4.73. The lowest BCUT2D eigenvalue weighted by Gasteiger charge is -2.36. The van der Waals surface area contributed by atoms with E-state index in [2.05, 4.69) is 0 Å². The van der Waals surface area contributed by atoms with Crippen LogP contribution in [-0.2, 0) is 19.6 Å².